The van der Waals surface area contributed by atoms with E-state index in [1.807, 2.05) is 6.92 Å². The van der Waals surface area contributed by atoms with Crippen LogP contribution in [0.15, 0.2) is 24.3 Å². The number of halogens is 6. The topological polar surface area (TPSA) is 27.7 Å². The molecule has 2 aromatic carbocycles. The van der Waals surface area contributed by atoms with E-state index in [2.05, 4.69) is 4.74 Å². The Morgan fingerprint density at radius 1 is 0.893 bits per heavy atom. The van der Waals surface area contributed by atoms with Crippen molar-refractivity contribution in [2.24, 2.45) is 5.92 Å². The smallest absolute Gasteiger partial charge is 0.429 e. The highest BCUT2D eigenvalue weighted by atomic mass is 19.3. The molecule has 1 fully saturated rings. The molecule has 0 saturated carbocycles. The lowest BCUT2D eigenvalue weighted by molar-refractivity contribution is -0.203. The van der Waals surface area contributed by atoms with Gasteiger partial charge in [-0.2, -0.15) is 8.78 Å². The predicted octanol–water partition coefficient (Wildman–Crippen LogP) is 5.36. The average molecular weight is 406 g/mol. The standard InChI is InChI=1S/C19H16F6O3/c1-9-7-26-18(27-8-9)11-3-15(22)17(16(23)4-11)19(24,25)28-12-5-13(20)10(2)14(21)6-12/h3-6,9,18H,7-8H2,1-2H3. The molecule has 0 radical (unpaired) electrons. The molecule has 1 heterocycles. The highest BCUT2D eigenvalue weighted by Crippen LogP contribution is 2.37. The Morgan fingerprint density at radius 2 is 1.39 bits per heavy atom. The summed E-state index contributed by atoms with van der Waals surface area (Å²) in [4.78, 5) is 0. The largest absolute Gasteiger partial charge is 0.432 e. The molecule has 9 heteroatoms. The summed E-state index contributed by atoms with van der Waals surface area (Å²) in [5.74, 6) is -6.33. The normalized spacial score (nSPS) is 20.3. The molecular weight excluding hydrogens is 390 g/mol. The van der Waals surface area contributed by atoms with Crippen LogP contribution in [0, 0.1) is 36.1 Å². The molecule has 0 N–H and O–H groups in total. The van der Waals surface area contributed by atoms with Crippen molar-refractivity contribution in [1.82, 2.24) is 0 Å². The van der Waals surface area contributed by atoms with E-state index in [0.717, 1.165) is 6.92 Å². The second-order valence-electron chi connectivity index (χ2n) is 6.59. The predicted molar refractivity (Wildman–Crippen MR) is 85.8 cm³/mol. The van der Waals surface area contributed by atoms with Crippen LogP contribution in [0.4, 0.5) is 26.3 Å². The van der Waals surface area contributed by atoms with E-state index in [1.165, 1.54) is 0 Å². The SMILES string of the molecule is Cc1c(F)cc(OC(F)(F)c2c(F)cc(C3OCC(C)CO3)cc2F)cc1F. The Labute approximate surface area is 156 Å². The number of ether oxygens (including phenoxy) is 3. The van der Waals surface area contributed by atoms with E-state index < -0.39 is 52.5 Å². The molecule has 0 unspecified atom stereocenters. The third-order valence-electron chi connectivity index (χ3n) is 4.19. The molecule has 0 atom stereocenters. The lowest BCUT2D eigenvalue weighted by atomic mass is 10.1. The first-order valence-corrected chi connectivity index (χ1v) is 8.33. The Morgan fingerprint density at radius 3 is 1.89 bits per heavy atom. The van der Waals surface area contributed by atoms with Crippen LogP contribution in [0.3, 0.4) is 0 Å². The van der Waals surface area contributed by atoms with Crippen molar-refractivity contribution in [3.8, 4) is 5.75 Å². The number of hydrogen-bond acceptors (Lipinski definition) is 3. The van der Waals surface area contributed by atoms with Gasteiger partial charge in [0, 0.05) is 29.2 Å². The van der Waals surface area contributed by atoms with E-state index in [4.69, 9.17) is 9.47 Å². The Hall–Kier alpha value is -2.26. The van der Waals surface area contributed by atoms with Crippen LogP contribution in [0.5, 0.6) is 5.75 Å². The van der Waals surface area contributed by atoms with Gasteiger partial charge in [-0.25, -0.2) is 17.6 Å². The first-order valence-electron chi connectivity index (χ1n) is 8.33. The van der Waals surface area contributed by atoms with Gasteiger partial charge in [-0.15, -0.1) is 0 Å². The van der Waals surface area contributed by atoms with Crippen molar-refractivity contribution < 1.29 is 40.6 Å². The molecule has 2 aromatic rings. The van der Waals surface area contributed by atoms with Crippen molar-refractivity contribution in [3.63, 3.8) is 0 Å². The van der Waals surface area contributed by atoms with Gasteiger partial charge in [-0.1, -0.05) is 6.92 Å². The fourth-order valence-corrected chi connectivity index (χ4v) is 2.68. The van der Waals surface area contributed by atoms with Gasteiger partial charge < -0.3 is 14.2 Å². The highest BCUT2D eigenvalue weighted by Gasteiger charge is 2.42. The van der Waals surface area contributed by atoms with Gasteiger partial charge in [0.25, 0.3) is 0 Å². The van der Waals surface area contributed by atoms with Crippen LogP contribution in [0.2, 0.25) is 0 Å². The zero-order chi connectivity index (χ0) is 20.6. The molecule has 1 saturated heterocycles. The molecule has 0 spiro atoms. The third kappa shape index (κ3) is 4.10. The summed E-state index contributed by atoms with van der Waals surface area (Å²) in [6.45, 7) is 3.49. The van der Waals surface area contributed by atoms with Crippen molar-refractivity contribution in [3.05, 3.63) is 64.2 Å². The van der Waals surface area contributed by atoms with Crippen LogP contribution < -0.4 is 4.74 Å². The summed E-state index contributed by atoms with van der Waals surface area (Å²) in [7, 11) is 0. The van der Waals surface area contributed by atoms with E-state index in [0.29, 0.717) is 24.3 Å². The summed E-state index contributed by atoms with van der Waals surface area (Å²) in [5.41, 5.74) is -2.21. The monoisotopic (exact) mass is 406 g/mol. The minimum absolute atomic E-state index is 0.0817. The van der Waals surface area contributed by atoms with Crippen LogP contribution >= 0.6 is 0 Å². The van der Waals surface area contributed by atoms with Gasteiger partial charge in [0.15, 0.2) is 6.29 Å². The van der Waals surface area contributed by atoms with Crippen molar-refractivity contribution >= 4 is 0 Å². The fraction of sp³-hybridized carbons (Fsp3) is 0.368. The molecule has 0 aliphatic carbocycles. The van der Waals surface area contributed by atoms with Crippen LogP contribution in [-0.4, -0.2) is 13.2 Å². The minimum Gasteiger partial charge on any atom is -0.429 e. The van der Waals surface area contributed by atoms with Crippen LogP contribution in [-0.2, 0) is 15.6 Å². The zero-order valence-electron chi connectivity index (χ0n) is 14.9. The van der Waals surface area contributed by atoms with E-state index in [9.17, 15) is 26.3 Å². The Bertz CT molecular complexity index is 832. The zero-order valence-corrected chi connectivity index (χ0v) is 14.9. The molecule has 1 aliphatic heterocycles. The molecule has 28 heavy (non-hydrogen) atoms. The molecule has 0 bridgehead atoms. The first kappa shape index (κ1) is 20.5. The average Bonchev–Trinajstić information content (AvgIpc) is 2.59. The van der Waals surface area contributed by atoms with Gasteiger partial charge in [0.1, 0.15) is 34.6 Å². The third-order valence-corrected chi connectivity index (χ3v) is 4.19. The fourth-order valence-electron chi connectivity index (χ4n) is 2.68. The summed E-state index contributed by atoms with van der Waals surface area (Å²) < 4.78 is 99.1. The maximum atomic E-state index is 14.3. The van der Waals surface area contributed by atoms with Gasteiger partial charge >= 0.3 is 6.11 Å². The van der Waals surface area contributed by atoms with Crippen LogP contribution in [0.25, 0.3) is 0 Å². The number of hydrogen-bond donors (Lipinski definition) is 0. The van der Waals surface area contributed by atoms with Gasteiger partial charge in [0.2, 0.25) is 0 Å². The van der Waals surface area contributed by atoms with Gasteiger partial charge in [-0.05, 0) is 19.1 Å². The van der Waals surface area contributed by atoms with E-state index >= 15 is 0 Å². The molecule has 3 rings (SSSR count). The van der Waals surface area contributed by atoms with Crippen molar-refractivity contribution in [2.45, 2.75) is 26.2 Å². The van der Waals surface area contributed by atoms with Gasteiger partial charge in [-0.3, -0.25) is 0 Å². The lowest BCUT2D eigenvalue weighted by Crippen LogP contribution is -2.27. The summed E-state index contributed by atoms with van der Waals surface area (Å²) >= 11 is 0. The second-order valence-corrected chi connectivity index (χ2v) is 6.59. The van der Waals surface area contributed by atoms with Gasteiger partial charge in [0.05, 0.1) is 13.2 Å². The molecular formula is C19H16F6O3. The summed E-state index contributed by atoms with van der Waals surface area (Å²) in [6.07, 6.45) is -5.62. The maximum Gasteiger partial charge on any atom is 0.432 e. The quantitative estimate of drug-likeness (QED) is 0.640. The number of rotatable bonds is 4. The Balaban J connectivity index is 1.89. The minimum atomic E-state index is -4.52. The van der Waals surface area contributed by atoms with Crippen LogP contribution in [0.1, 0.15) is 29.9 Å². The molecule has 3 nitrogen and oxygen atoms in total. The highest BCUT2D eigenvalue weighted by molar-refractivity contribution is 5.33. The van der Waals surface area contributed by atoms with Crippen molar-refractivity contribution in [1.29, 1.82) is 0 Å². The summed E-state index contributed by atoms with van der Waals surface area (Å²) in [5, 5.41) is 0. The maximum absolute atomic E-state index is 14.3. The first-order chi connectivity index (χ1) is 13.1. The van der Waals surface area contributed by atoms with E-state index in [-0.39, 0.29) is 24.7 Å². The number of benzene rings is 2. The number of alkyl halides is 2. The second kappa shape index (κ2) is 7.63. The molecule has 152 valence electrons. The summed E-state index contributed by atoms with van der Waals surface area (Å²) in [6, 6.07) is 2.29. The Kier molecular flexibility index (Phi) is 5.58. The molecule has 1 aliphatic rings. The molecule has 0 aromatic heterocycles. The van der Waals surface area contributed by atoms with E-state index in [1.54, 1.807) is 0 Å². The van der Waals surface area contributed by atoms with Crippen molar-refractivity contribution in [2.75, 3.05) is 13.2 Å². The lowest BCUT2D eigenvalue weighted by Gasteiger charge is -2.28. The molecule has 0 amide bonds.